The number of phenolic OH excluding ortho intramolecular Hbond substituents is 1. The normalized spacial score (nSPS) is 15.1. The first-order valence-corrected chi connectivity index (χ1v) is 12.0. The standard InChI is InChI=1S/C21H19NO6S2/c23-20(24)12-29(26)19-11-18(16-3-1-2-4-17(16)21(19)25)22-30(27,28)15-9-7-14(8-10-15)13-5-6-13/h1-4,7-11,13,22,25H,5-6,12H2,(H,23,24). The molecule has 0 radical (unpaired) electrons. The molecule has 3 aromatic rings. The summed E-state index contributed by atoms with van der Waals surface area (Å²) in [7, 11) is -6.00. The van der Waals surface area contributed by atoms with E-state index in [1.54, 1.807) is 48.5 Å². The number of sulfonamides is 1. The Bertz CT molecular complexity index is 1260. The molecule has 0 amide bonds. The summed E-state index contributed by atoms with van der Waals surface area (Å²) in [5, 5.41) is 20.1. The molecule has 0 bridgehead atoms. The van der Waals surface area contributed by atoms with Crippen LogP contribution >= 0.6 is 0 Å². The summed E-state index contributed by atoms with van der Waals surface area (Å²) >= 11 is 0. The van der Waals surface area contributed by atoms with Gasteiger partial charge in [0.1, 0.15) is 11.5 Å². The van der Waals surface area contributed by atoms with E-state index in [0.29, 0.717) is 11.3 Å². The number of benzene rings is 3. The predicted octanol–water partition coefficient (Wildman–Crippen LogP) is 3.42. The predicted molar refractivity (Wildman–Crippen MR) is 114 cm³/mol. The van der Waals surface area contributed by atoms with E-state index in [2.05, 4.69) is 4.72 Å². The SMILES string of the molecule is O=C(O)CS(=O)c1cc(NS(=O)(=O)c2ccc(C3CC3)cc2)c2ccccc2c1O. The Morgan fingerprint density at radius 3 is 2.30 bits per heavy atom. The highest BCUT2D eigenvalue weighted by Crippen LogP contribution is 2.40. The van der Waals surface area contributed by atoms with Gasteiger partial charge in [-0.15, -0.1) is 0 Å². The molecule has 1 atom stereocenters. The number of rotatable bonds is 7. The van der Waals surface area contributed by atoms with Crippen LogP contribution in [0.25, 0.3) is 10.8 Å². The zero-order valence-corrected chi connectivity index (χ0v) is 17.4. The highest BCUT2D eigenvalue weighted by Gasteiger charge is 2.25. The van der Waals surface area contributed by atoms with Crippen LogP contribution in [0.4, 0.5) is 5.69 Å². The molecule has 1 aliphatic rings. The molecule has 9 heteroatoms. The molecule has 1 saturated carbocycles. The van der Waals surface area contributed by atoms with Gasteiger partial charge in [-0.25, -0.2) is 8.42 Å². The number of hydrogen-bond acceptors (Lipinski definition) is 5. The summed E-state index contributed by atoms with van der Waals surface area (Å²) in [4.78, 5) is 10.9. The van der Waals surface area contributed by atoms with Crippen molar-refractivity contribution in [2.45, 2.75) is 28.6 Å². The molecule has 30 heavy (non-hydrogen) atoms. The van der Waals surface area contributed by atoms with E-state index < -0.39 is 32.5 Å². The summed E-state index contributed by atoms with van der Waals surface area (Å²) in [5.74, 6) is -1.83. The van der Waals surface area contributed by atoms with Gasteiger partial charge in [0.05, 0.1) is 26.3 Å². The zero-order valence-electron chi connectivity index (χ0n) is 15.7. The number of nitrogens with one attached hydrogen (secondary N) is 1. The first-order valence-electron chi connectivity index (χ1n) is 9.24. The number of aromatic hydroxyl groups is 1. The second-order valence-corrected chi connectivity index (χ2v) is 10.3. The van der Waals surface area contributed by atoms with E-state index in [0.717, 1.165) is 18.4 Å². The molecule has 0 aromatic heterocycles. The maximum Gasteiger partial charge on any atom is 0.316 e. The molecule has 1 unspecified atom stereocenters. The van der Waals surface area contributed by atoms with Crippen LogP contribution in [0, 0.1) is 0 Å². The lowest BCUT2D eigenvalue weighted by molar-refractivity contribution is -0.133. The van der Waals surface area contributed by atoms with Crippen molar-refractivity contribution < 1.29 is 27.6 Å². The molecule has 0 aliphatic heterocycles. The topological polar surface area (TPSA) is 121 Å². The number of fused-ring (bicyclic) bond motifs is 1. The minimum atomic E-state index is -3.95. The molecule has 7 nitrogen and oxygen atoms in total. The van der Waals surface area contributed by atoms with Crippen molar-refractivity contribution in [3.05, 3.63) is 60.2 Å². The van der Waals surface area contributed by atoms with E-state index in [4.69, 9.17) is 5.11 Å². The molecular formula is C21H19NO6S2. The van der Waals surface area contributed by atoms with Crippen LogP contribution in [0.2, 0.25) is 0 Å². The Morgan fingerprint density at radius 2 is 1.70 bits per heavy atom. The Kier molecular flexibility index (Phi) is 5.25. The lowest BCUT2D eigenvalue weighted by Crippen LogP contribution is -2.14. The number of aliphatic carboxylic acids is 1. The van der Waals surface area contributed by atoms with E-state index >= 15 is 0 Å². The van der Waals surface area contributed by atoms with E-state index in [1.807, 2.05) is 0 Å². The van der Waals surface area contributed by atoms with Gasteiger partial charge < -0.3 is 10.2 Å². The number of carboxylic acids is 1. The first kappa shape index (κ1) is 20.4. The average molecular weight is 446 g/mol. The maximum atomic E-state index is 12.9. The third kappa shape index (κ3) is 4.03. The molecular weight excluding hydrogens is 426 g/mol. The third-order valence-electron chi connectivity index (χ3n) is 4.96. The number of phenols is 1. The van der Waals surface area contributed by atoms with Crippen molar-refractivity contribution in [3.8, 4) is 5.75 Å². The van der Waals surface area contributed by atoms with Crippen LogP contribution in [-0.2, 0) is 25.6 Å². The smallest absolute Gasteiger partial charge is 0.316 e. The second-order valence-electron chi connectivity index (χ2n) is 7.15. The van der Waals surface area contributed by atoms with Gasteiger partial charge in [0, 0.05) is 10.8 Å². The number of hydrogen-bond donors (Lipinski definition) is 3. The number of carbonyl (C=O) groups is 1. The van der Waals surface area contributed by atoms with Gasteiger partial charge in [-0.2, -0.15) is 0 Å². The number of anilines is 1. The molecule has 0 saturated heterocycles. The van der Waals surface area contributed by atoms with Crippen molar-refractivity contribution in [1.82, 2.24) is 0 Å². The summed E-state index contributed by atoms with van der Waals surface area (Å²) in [6.45, 7) is 0. The van der Waals surface area contributed by atoms with Crippen LogP contribution in [-0.4, -0.2) is 34.6 Å². The molecule has 4 rings (SSSR count). The highest BCUT2D eigenvalue weighted by atomic mass is 32.2. The van der Waals surface area contributed by atoms with Crippen molar-refractivity contribution in [2.75, 3.05) is 10.5 Å². The molecule has 1 aliphatic carbocycles. The van der Waals surface area contributed by atoms with Crippen molar-refractivity contribution >= 4 is 43.3 Å². The van der Waals surface area contributed by atoms with E-state index in [9.17, 15) is 22.5 Å². The van der Waals surface area contributed by atoms with Crippen LogP contribution in [0.1, 0.15) is 24.3 Å². The molecule has 3 aromatic carbocycles. The van der Waals surface area contributed by atoms with Gasteiger partial charge >= 0.3 is 5.97 Å². The summed E-state index contributed by atoms with van der Waals surface area (Å²) in [5.41, 5.74) is 1.22. The largest absolute Gasteiger partial charge is 0.506 e. The van der Waals surface area contributed by atoms with Gasteiger partial charge in [0.25, 0.3) is 10.0 Å². The second kappa shape index (κ2) is 7.73. The molecule has 1 fully saturated rings. The highest BCUT2D eigenvalue weighted by molar-refractivity contribution is 7.92. The quantitative estimate of drug-likeness (QED) is 0.479. The van der Waals surface area contributed by atoms with Crippen molar-refractivity contribution in [3.63, 3.8) is 0 Å². The summed E-state index contributed by atoms with van der Waals surface area (Å²) in [6, 6.07) is 14.4. The minimum Gasteiger partial charge on any atom is -0.506 e. The van der Waals surface area contributed by atoms with Crippen molar-refractivity contribution in [2.24, 2.45) is 0 Å². The summed E-state index contributed by atoms with van der Waals surface area (Å²) in [6.07, 6.45) is 2.22. The van der Waals surface area contributed by atoms with E-state index in [-0.39, 0.29) is 26.6 Å². The fraction of sp³-hybridized carbons (Fsp3) is 0.190. The summed E-state index contributed by atoms with van der Waals surface area (Å²) < 4.78 is 40.8. The Morgan fingerprint density at radius 1 is 1.07 bits per heavy atom. The average Bonchev–Trinajstić information content (AvgIpc) is 3.55. The maximum absolute atomic E-state index is 12.9. The molecule has 3 N–H and O–H groups in total. The Labute approximate surface area is 175 Å². The fourth-order valence-electron chi connectivity index (χ4n) is 3.32. The van der Waals surface area contributed by atoms with Crippen molar-refractivity contribution in [1.29, 1.82) is 0 Å². The number of carboxylic acid groups (broad SMARTS) is 1. The molecule has 0 spiro atoms. The van der Waals surface area contributed by atoms with Crippen LogP contribution in [0.15, 0.2) is 64.4 Å². The molecule has 0 heterocycles. The van der Waals surface area contributed by atoms with E-state index in [1.165, 1.54) is 6.07 Å². The molecule has 156 valence electrons. The Hall–Kier alpha value is -2.91. The van der Waals surface area contributed by atoms with Gasteiger partial charge in [-0.05, 0) is 42.5 Å². The van der Waals surface area contributed by atoms with Gasteiger partial charge in [-0.1, -0.05) is 36.4 Å². The van der Waals surface area contributed by atoms with Crippen LogP contribution < -0.4 is 4.72 Å². The lowest BCUT2D eigenvalue weighted by atomic mass is 10.1. The van der Waals surface area contributed by atoms with Gasteiger partial charge in [0.15, 0.2) is 0 Å². The monoisotopic (exact) mass is 445 g/mol. The van der Waals surface area contributed by atoms with Gasteiger partial charge in [-0.3, -0.25) is 13.7 Å². The zero-order chi connectivity index (χ0) is 21.5. The van der Waals surface area contributed by atoms with Crippen LogP contribution in [0.3, 0.4) is 0 Å². The third-order valence-corrected chi connectivity index (χ3v) is 7.66. The van der Waals surface area contributed by atoms with Crippen LogP contribution in [0.5, 0.6) is 5.75 Å². The van der Waals surface area contributed by atoms with Gasteiger partial charge in [0.2, 0.25) is 0 Å². The minimum absolute atomic E-state index is 0.0808. The Balaban J connectivity index is 1.76. The first-order chi connectivity index (χ1) is 14.3. The lowest BCUT2D eigenvalue weighted by Gasteiger charge is -2.15. The fourth-order valence-corrected chi connectivity index (χ4v) is 5.35.